The Kier molecular flexibility index (Phi) is 4.01. The molecule has 1 aliphatic heterocycles. The number of likely N-dealkylation sites (N-methyl/N-ethyl adjacent to an activating group) is 1. The van der Waals surface area contributed by atoms with Crippen LogP contribution >= 0.6 is 11.3 Å². The second-order valence-electron chi connectivity index (χ2n) is 5.94. The number of fused-ring (bicyclic) bond motifs is 1. The Hall–Kier alpha value is -2.66. The summed E-state index contributed by atoms with van der Waals surface area (Å²) in [4.78, 5) is 18.4. The van der Waals surface area contributed by atoms with E-state index in [0.717, 1.165) is 38.8 Å². The highest BCUT2D eigenvalue weighted by Crippen LogP contribution is 2.36. The van der Waals surface area contributed by atoms with E-state index in [4.69, 9.17) is 9.72 Å². The van der Waals surface area contributed by atoms with Crippen molar-refractivity contribution in [2.45, 2.75) is 13.3 Å². The van der Waals surface area contributed by atoms with Crippen LogP contribution in [0.4, 0.5) is 5.69 Å². The fourth-order valence-electron chi connectivity index (χ4n) is 3.08. The van der Waals surface area contributed by atoms with E-state index in [9.17, 15) is 4.79 Å². The van der Waals surface area contributed by atoms with Crippen molar-refractivity contribution in [2.75, 3.05) is 18.6 Å². The van der Waals surface area contributed by atoms with E-state index >= 15 is 0 Å². The smallest absolute Gasteiger partial charge is 0.231 e. The summed E-state index contributed by atoms with van der Waals surface area (Å²) >= 11 is 1.60. The van der Waals surface area contributed by atoms with Gasteiger partial charge < -0.3 is 9.64 Å². The van der Waals surface area contributed by atoms with Crippen molar-refractivity contribution >= 4 is 22.9 Å². The number of rotatable bonds is 4. The highest BCUT2D eigenvalue weighted by Gasteiger charge is 2.24. The molecule has 0 spiro atoms. The first-order valence-electron chi connectivity index (χ1n) is 8.25. The molecule has 25 heavy (non-hydrogen) atoms. The lowest BCUT2D eigenvalue weighted by molar-refractivity contribution is -0.117. The second kappa shape index (κ2) is 6.33. The molecule has 0 atom stereocenters. The van der Waals surface area contributed by atoms with Crippen molar-refractivity contribution in [2.24, 2.45) is 0 Å². The predicted molar refractivity (Wildman–Crippen MR) is 101 cm³/mol. The van der Waals surface area contributed by atoms with Crippen LogP contribution < -0.4 is 9.64 Å². The zero-order valence-electron chi connectivity index (χ0n) is 14.2. The van der Waals surface area contributed by atoms with E-state index in [1.165, 1.54) is 0 Å². The lowest BCUT2D eigenvalue weighted by Crippen LogP contribution is -2.20. The van der Waals surface area contributed by atoms with Crippen LogP contribution in [0.5, 0.6) is 5.75 Å². The minimum absolute atomic E-state index is 0.136. The van der Waals surface area contributed by atoms with Crippen LogP contribution in [0.3, 0.4) is 0 Å². The highest BCUT2D eigenvalue weighted by atomic mass is 32.1. The molecule has 0 saturated carbocycles. The molecule has 0 N–H and O–H groups in total. The van der Waals surface area contributed by atoms with Crippen LogP contribution in [0.2, 0.25) is 0 Å². The quantitative estimate of drug-likeness (QED) is 0.701. The van der Waals surface area contributed by atoms with Crippen molar-refractivity contribution < 1.29 is 9.53 Å². The van der Waals surface area contributed by atoms with Gasteiger partial charge in [0, 0.05) is 23.7 Å². The van der Waals surface area contributed by atoms with E-state index in [-0.39, 0.29) is 5.91 Å². The monoisotopic (exact) mass is 350 g/mol. The molecule has 4 rings (SSSR count). The van der Waals surface area contributed by atoms with Crippen molar-refractivity contribution in [3.05, 3.63) is 53.4 Å². The lowest BCUT2D eigenvalue weighted by Gasteiger charge is -2.10. The number of carbonyl (C=O) groups is 1. The molecule has 1 amide bonds. The molecule has 1 aromatic heterocycles. The summed E-state index contributed by atoms with van der Waals surface area (Å²) in [7, 11) is 1.82. The van der Waals surface area contributed by atoms with Gasteiger partial charge in [-0.2, -0.15) is 0 Å². The third kappa shape index (κ3) is 2.81. The Morgan fingerprint density at radius 3 is 2.92 bits per heavy atom. The van der Waals surface area contributed by atoms with Gasteiger partial charge >= 0.3 is 0 Å². The van der Waals surface area contributed by atoms with Gasteiger partial charge in [-0.1, -0.05) is 18.2 Å². The number of aromatic nitrogens is 1. The molecule has 1 aliphatic rings. The summed E-state index contributed by atoms with van der Waals surface area (Å²) in [6.45, 7) is 2.61. The van der Waals surface area contributed by atoms with E-state index in [0.29, 0.717) is 13.0 Å². The molecule has 0 aliphatic carbocycles. The Balaban J connectivity index is 1.69. The number of hydrogen-bond acceptors (Lipinski definition) is 4. The fourth-order valence-corrected chi connectivity index (χ4v) is 3.94. The van der Waals surface area contributed by atoms with Crippen LogP contribution in [0, 0.1) is 0 Å². The summed E-state index contributed by atoms with van der Waals surface area (Å²) < 4.78 is 5.71. The molecule has 0 bridgehead atoms. The summed E-state index contributed by atoms with van der Waals surface area (Å²) in [6, 6.07) is 14.1. The maximum atomic E-state index is 11.9. The summed E-state index contributed by atoms with van der Waals surface area (Å²) in [5.41, 5.74) is 5.03. The van der Waals surface area contributed by atoms with Gasteiger partial charge in [-0.05, 0) is 36.8 Å². The number of thiazole rings is 1. The molecule has 2 aromatic carbocycles. The second-order valence-corrected chi connectivity index (χ2v) is 6.80. The Morgan fingerprint density at radius 1 is 1.24 bits per heavy atom. The number of anilines is 1. The van der Waals surface area contributed by atoms with Gasteiger partial charge in [-0.25, -0.2) is 4.98 Å². The van der Waals surface area contributed by atoms with Crippen molar-refractivity contribution in [1.29, 1.82) is 0 Å². The molecule has 126 valence electrons. The normalized spacial score (nSPS) is 13.2. The SMILES string of the molecule is CCOc1ccccc1-c1nc(-c2ccc3c(c2)CC(=O)N3C)cs1. The number of carbonyl (C=O) groups excluding carboxylic acids is 1. The van der Waals surface area contributed by atoms with Gasteiger partial charge in [0.1, 0.15) is 10.8 Å². The molecular weight excluding hydrogens is 332 g/mol. The molecule has 2 heterocycles. The van der Waals surface area contributed by atoms with Gasteiger partial charge in [0.15, 0.2) is 0 Å². The minimum Gasteiger partial charge on any atom is -0.493 e. The van der Waals surface area contributed by atoms with E-state index < -0.39 is 0 Å². The number of para-hydroxylation sites is 1. The van der Waals surface area contributed by atoms with Gasteiger partial charge in [-0.3, -0.25) is 4.79 Å². The van der Waals surface area contributed by atoms with Gasteiger partial charge in [0.25, 0.3) is 0 Å². The summed E-state index contributed by atoms with van der Waals surface area (Å²) in [5, 5.41) is 2.99. The lowest BCUT2D eigenvalue weighted by atomic mass is 10.1. The molecule has 0 unspecified atom stereocenters. The average molecular weight is 350 g/mol. The van der Waals surface area contributed by atoms with Gasteiger partial charge in [0.2, 0.25) is 5.91 Å². The van der Waals surface area contributed by atoms with E-state index in [1.807, 2.05) is 50.4 Å². The van der Waals surface area contributed by atoms with Gasteiger partial charge in [0.05, 0.1) is 24.3 Å². The zero-order valence-corrected chi connectivity index (χ0v) is 15.0. The Morgan fingerprint density at radius 2 is 2.08 bits per heavy atom. The molecule has 0 fully saturated rings. The number of amides is 1. The summed E-state index contributed by atoms with van der Waals surface area (Å²) in [5.74, 6) is 0.990. The van der Waals surface area contributed by atoms with E-state index in [1.54, 1.807) is 16.2 Å². The fraction of sp³-hybridized carbons (Fsp3) is 0.200. The Bertz CT molecular complexity index is 948. The van der Waals surface area contributed by atoms with Crippen LogP contribution in [-0.2, 0) is 11.2 Å². The van der Waals surface area contributed by atoms with E-state index in [2.05, 4.69) is 11.4 Å². The maximum absolute atomic E-state index is 11.9. The maximum Gasteiger partial charge on any atom is 0.231 e. The number of ether oxygens (including phenoxy) is 1. The third-order valence-corrected chi connectivity index (χ3v) is 5.25. The van der Waals surface area contributed by atoms with Gasteiger partial charge in [-0.15, -0.1) is 11.3 Å². The van der Waals surface area contributed by atoms with Crippen LogP contribution in [0.25, 0.3) is 21.8 Å². The van der Waals surface area contributed by atoms with Crippen LogP contribution in [0.1, 0.15) is 12.5 Å². The van der Waals surface area contributed by atoms with Crippen molar-refractivity contribution in [1.82, 2.24) is 4.98 Å². The molecule has 0 radical (unpaired) electrons. The first kappa shape index (κ1) is 15.8. The molecule has 5 heteroatoms. The number of benzene rings is 2. The topological polar surface area (TPSA) is 42.4 Å². The molecule has 0 saturated heterocycles. The van der Waals surface area contributed by atoms with Crippen molar-refractivity contribution in [3.63, 3.8) is 0 Å². The van der Waals surface area contributed by atoms with Crippen molar-refractivity contribution in [3.8, 4) is 27.6 Å². The molecule has 4 nitrogen and oxygen atoms in total. The van der Waals surface area contributed by atoms with Crippen LogP contribution in [-0.4, -0.2) is 24.5 Å². The highest BCUT2D eigenvalue weighted by molar-refractivity contribution is 7.13. The molecule has 3 aromatic rings. The number of nitrogens with zero attached hydrogens (tertiary/aromatic N) is 2. The van der Waals surface area contributed by atoms with Crippen LogP contribution in [0.15, 0.2) is 47.8 Å². The standard InChI is InChI=1S/C20H18N2O2S/c1-3-24-18-7-5-4-6-15(18)20-21-16(12-25-20)13-8-9-17-14(10-13)11-19(23)22(17)2/h4-10,12H,3,11H2,1-2H3. The third-order valence-electron chi connectivity index (χ3n) is 4.37. The number of hydrogen-bond donors (Lipinski definition) is 0. The summed E-state index contributed by atoms with van der Waals surface area (Å²) in [6.07, 6.45) is 0.462. The zero-order chi connectivity index (χ0) is 17.4. The average Bonchev–Trinajstić information content (AvgIpc) is 3.21. The largest absolute Gasteiger partial charge is 0.493 e. The molecular formula is C20H18N2O2S. The first-order valence-corrected chi connectivity index (χ1v) is 9.13. The predicted octanol–water partition coefficient (Wildman–Crippen LogP) is 4.39. The first-order chi connectivity index (χ1) is 12.2. The minimum atomic E-state index is 0.136. The Labute approximate surface area is 150 Å².